The lowest BCUT2D eigenvalue weighted by atomic mass is 10.3. The molecule has 0 radical (unpaired) electrons. The van der Waals surface area contributed by atoms with E-state index in [1.54, 1.807) is 12.1 Å². The van der Waals surface area contributed by atoms with Gasteiger partial charge in [0.15, 0.2) is 0 Å². The Bertz CT molecular complexity index is 574. The van der Waals surface area contributed by atoms with E-state index in [-0.39, 0.29) is 15.4 Å². The number of amides is 1. The summed E-state index contributed by atoms with van der Waals surface area (Å²) in [6.45, 7) is 2.61. The maximum absolute atomic E-state index is 11.9. The molecular weight excluding hydrogens is 286 g/mol. The third-order valence-electron chi connectivity index (χ3n) is 2.19. The summed E-state index contributed by atoms with van der Waals surface area (Å²) in [5, 5.41) is 10.2. The number of carbonyl (C=O) groups is 1. The van der Waals surface area contributed by atoms with E-state index in [1.165, 1.54) is 0 Å². The lowest BCUT2D eigenvalue weighted by Crippen LogP contribution is -2.12. The van der Waals surface area contributed by atoms with E-state index in [2.05, 4.69) is 15.5 Å². The molecule has 1 aromatic heterocycles. The molecule has 100 valence electrons. The van der Waals surface area contributed by atoms with Gasteiger partial charge in [0.25, 0.3) is 5.91 Å². The van der Waals surface area contributed by atoms with Gasteiger partial charge < -0.3 is 10.1 Å². The van der Waals surface area contributed by atoms with Gasteiger partial charge in [0, 0.05) is 0 Å². The first kappa shape index (κ1) is 13.8. The van der Waals surface area contributed by atoms with Crippen LogP contribution < -0.4 is 10.1 Å². The molecule has 0 aliphatic rings. The van der Waals surface area contributed by atoms with E-state index in [0.717, 1.165) is 17.8 Å². The maximum atomic E-state index is 11.9. The Hall–Kier alpha value is -1.66. The fourth-order valence-electron chi connectivity index (χ4n) is 1.38. The van der Waals surface area contributed by atoms with Crippen molar-refractivity contribution in [2.24, 2.45) is 0 Å². The average Bonchev–Trinajstić information content (AvgIpc) is 2.84. The van der Waals surface area contributed by atoms with E-state index in [1.807, 2.05) is 19.1 Å². The molecule has 5 nitrogen and oxygen atoms in total. The SMILES string of the molecule is CCCOc1ccccc1NC(=O)c1nnc(Cl)s1. The van der Waals surface area contributed by atoms with Crippen LogP contribution in [-0.4, -0.2) is 22.7 Å². The van der Waals surface area contributed by atoms with Crippen LogP contribution in [0.5, 0.6) is 5.75 Å². The van der Waals surface area contributed by atoms with Crippen molar-refractivity contribution in [3.8, 4) is 5.75 Å². The van der Waals surface area contributed by atoms with E-state index < -0.39 is 0 Å². The van der Waals surface area contributed by atoms with E-state index >= 15 is 0 Å². The van der Waals surface area contributed by atoms with Gasteiger partial charge in [0.2, 0.25) is 9.47 Å². The first-order chi connectivity index (χ1) is 9.20. The van der Waals surface area contributed by atoms with Crippen LogP contribution >= 0.6 is 22.9 Å². The summed E-state index contributed by atoms with van der Waals surface area (Å²) in [6, 6.07) is 7.24. The highest BCUT2D eigenvalue weighted by atomic mass is 35.5. The number of aromatic nitrogens is 2. The molecule has 19 heavy (non-hydrogen) atoms. The molecule has 0 atom stereocenters. The molecule has 0 bridgehead atoms. The smallest absolute Gasteiger partial charge is 0.286 e. The lowest BCUT2D eigenvalue weighted by molar-refractivity contribution is 0.102. The van der Waals surface area contributed by atoms with Crippen LogP contribution in [0.4, 0.5) is 5.69 Å². The molecule has 0 aliphatic carbocycles. The number of hydrogen-bond acceptors (Lipinski definition) is 5. The van der Waals surface area contributed by atoms with Crippen molar-refractivity contribution < 1.29 is 9.53 Å². The van der Waals surface area contributed by atoms with Gasteiger partial charge >= 0.3 is 0 Å². The van der Waals surface area contributed by atoms with Gasteiger partial charge in [-0.1, -0.05) is 30.4 Å². The quantitative estimate of drug-likeness (QED) is 0.920. The van der Waals surface area contributed by atoms with Gasteiger partial charge in [-0.15, -0.1) is 10.2 Å². The molecule has 1 aromatic carbocycles. The highest BCUT2D eigenvalue weighted by molar-refractivity contribution is 7.17. The molecule has 0 aliphatic heterocycles. The molecule has 0 spiro atoms. The molecule has 0 fully saturated rings. The fraction of sp³-hybridized carbons (Fsp3) is 0.250. The van der Waals surface area contributed by atoms with Gasteiger partial charge in [0.05, 0.1) is 12.3 Å². The summed E-state index contributed by atoms with van der Waals surface area (Å²) in [6.07, 6.45) is 0.897. The maximum Gasteiger partial charge on any atom is 0.286 e. The van der Waals surface area contributed by atoms with Crippen LogP contribution in [0.3, 0.4) is 0 Å². The Morgan fingerprint density at radius 1 is 1.42 bits per heavy atom. The number of nitrogens with zero attached hydrogens (tertiary/aromatic N) is 2. The summed E-state index contributed by atoms with van der Waals surface area (Å²) in [7, 11) is 0. The summed E-state index contributed by atoms with van der Waals surface area (Å²) < 4.78 is 5.79. The zero-order valence-corrected chi connectivity index (χ0v) is 11.8. The van der Waals surface area contributed by atoms with E-state index in [4.69, 9.17) is 16.3 Å². The Labute approximate surface area is 119 Å². The molecule has 0 unspecified atom stereocenters. The van der Waals surface area contributed by atoms with Crippen molar-refractivity contribution in [2.75, 3.05) is 11.9 Å². The minimum Gasteiger partial charge on any atom is -0.491 e. The summed E-state index contributed by atoms with van der Waals surface area (Å²) in [4.78, 5) is 11.9. The highest BCUT2D eigenvalue weighted by Crippen LogP contribution is 2.25. The zero-order chi connectivity index (χ0) is 13.7. The summed E-state index contributed by atoms with van der Waals surface area (Å²) in [5.41, 5.74) is 0.604. The van der Waals surface area contributed by atoms with Crippen molar-refractivity contribution in [2.45, 2.75) is 13.3 Å². The molecule has 2 aromatic rings. The van der Waals surface area contributed by atoms with Gasteiger partial charge in [-0.2, -0.15) is 0 Å². The molecule has 1 amide bonds. The van der Waals surface area contributed by atoms with Crippen LogP contribution in [0.2, 0.25) is 4.47 Å². The lowest BCUT2D eigenvalue weighted by Gasteiger charge is -2.10. The monoisotopic (exact) mass is 297 g/mol. The Balaban J connectivity index is 2.12. The normalized spacial score (nSPS) is 10.2. The van der Waals surface area contributed by atoms with Crippen molar-refractivity contribution in [3.63, 3.8) is 0 Å². The van der Waals surface area contributed by atoms with Crippen molar-refractivity contribution in [1.29, 1.82) is 0 Å². The molecule has 2 rings (SSSR count). The topological polar surface area (TPSA) is 64.1 Å². The summed E-state index contributed by atoms with van der Waals surface area (Å²) in [5.74, 6) is 0.283. The number of benzene rings is 1. The van der Waals surface area contributed by atoms with Crippen LogP contribution in [0.15, 0.2) is 24.3 Å². The van der Waals surface area contributed by atoms with Crippen molar-refractivity contribution in [1.82, 2.24) is 10.2 Å². The second kappa shape index (κ2) is 6.49. The first-order valence-electron chi connectivity index (χ1n) is 5.73. The number of nitrogens with one attached hydrogen (secondary N) is 1. The first-order valence-corrected chi connectivity index (χ1v) is 6.92. The van der Waals surface area contributed by atoms with Crippen molar-refractivity contribution in [3.05, 3.63) is 33.7 Å². The Kier molecular flexibility index (Phi) is 4.70. The van der Waals surface area contributed by atoms with Crippen LogP contribution in [0, 0.1) is 0 Å². The predicted octanol–water partition coefficient (Wildman–Crippen LogP) is 3.23. The number of rotatable bonds is 5. The minimum absolute atomic E-state index is 0.218. The molecule has 1 heterocycles. The van der Waals surface area contributed by atoms with Gasteiger partial charge in [-0.05, 0) is 30.2 Å². The van der Waals surface area contributed by atoms with E-state index in [0.29, 0.717) is 18.0 Å². The van der Waals surface area contributed by atoms with E-state index in [9.17, 15) is 4.79 Å². The van der Waals surface area contributed by atoms with Gasteiger partial charge in [0.1, 0.15) is 5.75 Å². The predicted molar refractivity (Wildman–Crippen MR) is 75.1 cm³/mol. The van der Waals surface area contributed by atoms with Crippen LogP contribution in [0.1, 0.15) is 23.1 Å². The second-order valence-corrected chi connectivity index (χ2v) is 5.22. The number of carbonyl (C=O) groups excluding carboxylic acids is 1. The number of hydrogen-bond donors (Lipinski definition) is 1. The highest BCUT2D eigenvalue weighted by Gasteiger charge is 2.14. The Morgan fingerprint density at radius 2 is 2.21 bits per heavy atom. The number of halogens is 1. The molecule has 1 N–H and O–H groups in total. The summed E-state index contributed by atoms with van der Waals surface area (Å²) >= 11 is 6.68. The standard InChI is InChI=1S/C12H12ClN3O2S/c1-2-7-18-9-6-4-3-5-8(9)14-10(17)11-15-16-12(13)19-11/h3-6H,2,7H2,1H3,(H,14,17). The van der Waals surface area contributed by atoms with Crippen LogP contribution in [0.25, 0.3) is 0 Å². The molecule has 7 heteroatoms. The minimum atomic E-state index is -0.350. The number of ether oxygens (including phenoxy) is 1. The van der Waals surface area contributed by atoms with Gasteiger partial charge in [-0.3, -0.25) is 4.79 Å². The number of para-hydroxylation sites is 2. The van der Waals surface area contributed by atoms with Gasteiger partial charge in [-0.25, -0.2) is 0 Å². The largest absolute Gasteiger partial charge is 0.491 e. The molecule has 0 saturated carbocycles. The third-order valence-corrected chi connectivity index (χ3v) is 3.21. The fourth-order valence-corrected chi connectivity index (χ4v) is 2.10. The molecule has 0 saturated heterocycles. The third kappa shape index (κ3) is 3.65. The zero-order valence-electron chi connectivity index (χ0n) is 10.2. The Morgan fingerprint density at radius 3 is 2.89 bits per heavy atom. The van der Waals surface area contributed by atoms with Crippen molar-refractivity contribution >= 4 is 34.5 Å². The second-order valence-electron chi connectivity index (χ2n) is 3.66. The van der Waals surface area contributed by atoms with Crippen LogP contribution in [-0.2, 0) is 0 Å². The number of anilines is 1. The average molecular weight is 298 g/mol. The molecular formula is C12H12ClN3O2S.